The van der Waals surface area contributed by atoms with Crippen LogP contribution >= 0.6 is 11.6 Å². The summed E-state index contributed by atoms with van der Waals surface area (Å²) < 4.78 is 1.32. The summed E-state index contributed by atoms with van der Waals surface area (Å²) in [6, 6.07) is 5.53. The van der Waals surface area contributed by atoms with Crippen LogP contribution in [0.5, 0.6) is 0 Å². The molecule has 0 saturated carbocycles. The number of nitrogens with two attached hydrogens (primary N) is 1. The van der Waals surface area contributed by atoms with E-state index < -0.39 is 6.10 Å². The molecule has 0 saturated heterocycles. The molecule has 4 rings (SSSR count). The van der Waals surface area contributed by atoms with Crippen LogP contribution in [0, 0.1) is 0 Å². The Labute approximate surface area is 144 Å². The van der Waals surface area contributed by atoms with Crippen LogP contribution in [-0.4, -0.2) is 33.4 Å². The van der Waals surface area contributed by atoms with Crippen LogP contribution in [0.1, 0.15) is 40.4 Å². The van der Waals surface area contributed by atoms with Crippen molar-refractivity contribution in [3.8, 4) is 0 Å². The Kier molecular flexibility index (Phi) is 3.73. The van der Waals surface area contributed by atoms with Crippen molar-refractivity contribution in [2.75, 3.05) is 17.6 Å². The highest BCUT2D eigenvalue weighted by Crippen LogP contribution is 2.36. The number of halogens is 1. The fourth-order valence-corrected chi connectivity index (χ4v) is 3.82. The van der Waals surface area contributed by atoms with E-state index in [0.717, 1.165) is 22.5 Å². The van der Waals surface area contributed by atoms with Gasteiger partial charge in [-0.15, -0.1) is 0 Å². The van der Waals surface area contributed by atoms with Gasteiger partial charge in [0.1, 0.15) is 5.82 Å². The monoisotopic (exact) mass is 346 g/mol. The summed E-state index contributed by atoms with van der Waals surface area (Å²) in [5.41, 5.74) is 9.61. The number of fused-ring (bicyclic) bond motifs is 2. The molecular formula is C17H19ClN4O2. The molecule has 126 valence electrons. The Hall–Kier alpha value is -2.05. The Morgan fingerprint density at radius 1 is 1.42 bits per heavy atom. The topological polar surface area (TPSA) is 93.2 Å². The minimum Gasteiger partial charge on any atom is -0.393 e. The van der Waals surface area contributed by atoms with Crippen molar-refractivity contribution in [1.82, 2.24) is 9.78 Å². The third-order valence-electron chi connectivity index (χ3n) is 4.90. The number of aliphatic hydroxyl groups excluding tert-OH is 1. The van der Waals surface area contributed by atoms with E-state index >= 15 is 0 Å². The fourth-order valence-electron chi connectivity index (χ4n) is 3.64. The Bertz CT molecular complexity index is 817. The highest BCUT2D eigenvalue weighted by atomic mass is 35.5. The van der Waals surface area contributed by atoms with E-state index in [0.29, 0.717) is 43.1 Å². The van der Waals surface area contributed by atoms with Gasteiger partial charge in [0.25, 0.3) is 5.91 Å². The summed E-state index contributed by atoms with van der Waals surface area (Å²) in [6.45, 7) is 0.713. The molecule has 7 heteroatoms. The van der Waals surface area contributed by atoms with Gasteiger partial charge < -0.3 is 16.2 Å². The zero-order chi connectivity index (χ0) is 16.8. The molecule has 4 N–H and O–H groups in total. The van der Waals surface area contributed by atoms with Crippen molar-refractivity contribution in [1.29, 1.82) is 0 Å². The second kappa shape index (κ2) is 5.79. The molecule has 1 aliphatic carbocycles. The highest BCUT2D eigenvalue weighted by molar-refractivity contribution is 6.30. The molecule has 0 amide bonds. The summed E-state index contributed by atoms with van der Waals surface area (Å²) in [7, 11) is 0. The lowest BCUT2D eigenvalue weighted by Gasteiger charge is -2.26. The average Bonchev–Trinajstić information content (AvgIpc) is 2.90. The number of nitrogens with one attached hydrogen (secondary N) is 1. The standard InChI is InChI=1S/C17H19ClN4O2/c18-9-1-3-14-12(7-9)11(5-6-20-14)17(24)22-16(19)13-8-10(23)2-4-15(13)21-22/h1,3,7,10-11,20,23H,2,4-6,8,19H2/t10-,11?/m1/s1. The molecular weight excluding hydrogens is 328 g/mol. The lowest BCUT2D eigenvalue weighted by molar-refractivity contribution is 0.0859. The molecule has 24 heavy (non-hydrogen) atoms. The predicted molar refractivity (Wildman–Crippen MR) is 92.6 cm³/mol. The number of hydrogen-bond donors (Lipinski definition) is 3. The first-order valence-electron chi connectivity index (χ1n) is 8.16. The van der Waals surface area contributed by atoms with E-state index in [1.54, 1.807) is 0 Å². The van der Waals surface area contributed by atoms with Crippen molar-refractivity contribution in [2.45, 2.75) is 37.7 Å². The normalized spacial score (nSPS) is 22.4. The van der Waals surface area contributed by atoms with Crippen molar-refractivity contribution in [3.63, 3.8) is 0 Å². The smallest absolute Gasteiger partial charge is 0.256 e. The number of benzene rings is 1. The van der Waals surface area contributed by atoms with Crippen molar-refractivity contribution >= 4 is 29.0 Å². The number of rotatable bonds is 1. The number of nitrogens with zero attached hydrogens (tertiary/aromatic N) is 2. The summed E-state index contributed by atoms with van der Waals surface area (Å²) in [5, 5.41) is 18.2. The number of anilines is 2. The SMILES string of the molecule is Nc1c2c(nn1C(=O)C1CCNc3ccc(Cl)cc31)CC[C@@H](O)C2. The molecule has 1 aromatic carbocycles. The number of nitrogen functional groups attached to an aromatic ring is 1. The van der Waals surface area contributed by atoms with E-state index in [-0.39, 0.29) is 11.8 Å². The quantitative estimate of drug-likeness (QED) is 0.736. The molecule has 6 nitrogen and oxygen atoms in total. The summed E-state index contributed by atoms with van der Waals surface area (Å²) >= 11 is 6.11. The van der Waals surface area contributed by atoms with Crippen LogP contribution in [-0.2, 0) is 12.8 Å². The zero-order valence-electron chi connectivity index (χ0n) is 13.1. The molecule has 2 aromatic rings. The Morgan fingerprint density at radius 2 is 2.25 bits per heavy atom. The fraction of sp³-hybridized carbons (Fsp3) is 0.412. The number of aryl methyl sites for hydroxylation is 1. The highest BCUT2D eigenvalue weighted by Gasteiger charge is 2.32. The Balaban J connectivity index is 1.72. The number of carbonyl (C=O) groups is 1. The van der Waals surface area contributed by atoms with E-state index in [9.17, 15) is 9.90 Å². The van der Waals surface area contributed by atoms with Crippen LogP contribution in [0.25, 0.3) is 0 Å². The number of aromatic nitrogens is 2. The van der Waals surface area contributed by atoms with Crippen LogP contribution < -0.4 is 11.1 Å². The first-order chi connectivity index (χ1) is 11.5. The second-order valence-electron chi connectivity index (χ2n) is 6.46. The van der Waals surface area contributed by atoms with Gasteiger partial charge in [0, 0.05) is 29.2 Å². The lowest BCUT2D eigenvalue weighted by Crippen LogP contribution is -2.28. The molecule has 1 unspecified atom stereocenters. The van der Waals surface area contributed by atoms with Crippen molar-refractivity contribution in [3.05, 3.63) is 40.0 Å². The van der Waals surface area contributed by atoms with E-state index in [2.05, 4.69) is 10.4 Å². The molecule has 0 bridgehead atoms. The van der Waals surface area contributed by atoms with Gasteiger partial charge in [0.05, 0.1) is 17.7 Å². The predicted octanol–water partition coefficient (Wildman–Crippen LogP) is 2.21. The van der Waals surface area contributed by atoms with Gasteiger partial charge in [-0.3, -0.25) is 4.79 Å². The van der Waals surface area contributed by atoms with Gasteiger partial charge in [-0.2, -0.15) is 9.78 Å². The maximum atomic E-state index is 13.1. The second-order valence-corrected chi connectivity index (χ2v) is 6.89. The maximum absolute atomic E-state index is 13.1. The minimum absolute atomic E-state index is 0.138. The molecule has 0 fully saturated rings. The van der Waals surface area contributed by atoms with Crippen molar-refractivity contribution < 1.29 is 9.90 Å². The van der Waals surface area contributed by atoms with Crippen LogP contribution in [0.15, 0.2) is 18.2 Å². The third kappa shape index (κ3) is 2.46. The third-order valence-corrected chi connectivity index (χ3v) is 5.14. The first kappa shape index (κ1) is 15.5. The number of carbonyl (C=O) groups excluding carboxylic acids is 1. The van der Waals surface area contributed by atoms with Gasteiger partial charge in [0.15, 0.2) is 0 Å². The average molecular weight is 347 g/mol. The molecule has 0 radical (unpaired) electrons. The van der Waals surface area contributed by atoms with Gasteiger partial charge >= 0.3 is 0 Å². The Morgan fingerprint density at radius 3 is 3.08 bits per heavy atom. The van der Waals surface area contributed by atoms with Gasteiger partial charge in [0.2, 0.25) is 0 Å². The molecule has 2 atom stereocenters. The number of hydrogen-bond acceptors (Lipinski definition) is 5. The van der Waals surface area contributed by atoms with Crippen LogP contribution in [0.4, 0.5) is 11.5 Å². The van der Waals surface area contributed by atoms with Gasteiger partial charge in [-0.05, 0) is 43.0 Å². The van der Waals surface area contributed by atoms with Gasteiger partial charge in [-0.1, -0.05) is 11.6 Å². The maximum Gasteiger partial charge on any atom is 0.256 e. The van der Waals surface area contributed by atoms with Crippen LogP contribution in [0.3, 0.4) is 0 Å². The first-order valence-corrected chi connectivity index (χ1v) is 8.54. The summed E-state index contributed by atoms with van der Waals surface area (Å²) in [5.74, 6) is -0.106. The largest absolute Gasteiger partial charge is 0.393 e. The molecule has 2 aliphatic rings. The van der Waals surface area contributed by atoms with Gasteiger partial charge in [-0.25, -0.2) is 0 Å². The summed E-state index contributed by atoms with van der Waals surface area (Å²) in [4.78, 5) is 13.1. The van der Waals surface area contributed by atoms with Crippen LogP contribution in [0.2, 0.25) is 5.02 Å². The molecule has 1 aromatic heterocycles. The van der Waals surface area contributed by atoms with Crippen molar-refractivity contribution in [2.24, 2.45) is 0 Å². The molecule has 2 heterocycles. The summed E-state index contributed by atoms with van der Waals surface area (Å²) in [6.07, 6.45) is 2.02. The van der Waals surface area contributed by atoms with E-state index in [1.807, 2.05) is 18.2 Å². The zero-order valence-corrected chi connectivity index (χ0v) is 13.9. The van der Waals surface area contributed by atoms with E-state index in [4.69, 9.17) is 17.3 Å². The number of aliphatic hydroxyl groups is 1. The van der Waals surface area contributed by atoms with E-state index in [1.165, 1.54) is 4.68 Å². The molecule has 1 aliphatic heterocycles. The lowest BCUT2D eigenvalue weighted by atomic mass is 9.90. The minimum atomic E-state index is -0.411. The molecule has 0 spiro atoms.